The number of aromatic nitrogens is 1. The zero-order chi connectivity index (χ0) is 14.2. The second-order valence-electron chi connectivity index (χ2n) is 5.39. The van der Waals surface area contributed by atoms with E-state index in [9.17, 15) is 8.42 Å². The predicted molar refractivity (Wildman–Crippen MR) is 79.5 cm³/mol. The Labute approximate surface area is 123 Å². The van der Waals surface area contributed by atoms with Gasteiger partial charge in [0.25, 0.3) is 0 Å². The first-order chi connectivity index (χ1) is 9.54. The minimum absolute atomic E-state index is 0.0210. The fourth-order valence-electron chi connectivity index (χ4n) is 2.91. The molecule has 2 atom stereocenters. The number of rotatable bonds is 2. The molecule has 0 aliphatic carbocycles. The van der Waals surface area contributed by atoms with Crippen LogP contribution in [-0.4, -0.2) is 42.4 Å². The Kier molecular flexibility index (Phi) is 3.68. The maximum absolute atomic E-state index is 12.7. The Morgan fingerprint density at radius 3 is 3.05 bits per heavy atom. The highest BCUT2D eigenvalue weighted by atomic mass is 32.2. The van der Waals surface area contributed by atoms with Crippen LogP contribution in [0.4, 0.5) is 5.69 Å². The number of hydrogen-bond acceptors (Lipinski definition) is 6. The molecule has 3 rings (SSSR count). The molecule has 2 saturated heterocycles. The van der Waals surface area contributed by atoms with Gasteiger partial charge in [-0.2, -0.15) is 11.8 Å². The highest BCUT2D eigenvalue weighted by molar-refractivity contribution is 7.99. The highest BCUT2D eigenvalue weighted by Gasteiger charge is 2.45. The van der Waals surface area contributed by atoms with Gasteiger partial charge in [0.1, 0.15) is 0 Å². The van der Waals surface area contributed by atoms with Crippen molar-refractivity contribution >= 4 is 27.3 Å². The Balaban J connectivity index is 1.90. The monoisotopic (exact) mass is 314 g/mol. The van der Waals surface area contributed by atoms with E-state index in [1.807, 2.05) is 11.8 Å². The van der Waals surface area contributed by atoms with Crippen LogP contribution in [0.25, 0.3) is 0 Å². The number of nitrogen functional groups attached to an aromatic ring is 1. The van der Waals surface area contributed by atoms with Crippen molar-refractivity contribution in [3.05, 3.63) is 18.3 Å². The van der Waals surface area contributed by atoms with Crippen LogP contribution in [0.2, 0.25) is 0 Å². The fraction of sp³-hybridized carbons (Fsp3) is 0.615. The molecular weight excluding hydrogens is 296 g/mol. The average Bonchev–Trinajstić information content (AvgIpc) is 2.87. The minimum Gasteiger partial charge on any atom is -0.396 e. The van der Waals surface area contributed by atoms with Gasteiger partial charge in [0.15, 0.2) is 5.03 Å². The van der Waals surface area contributed by atoms with Crippen LogP contribution < -0.4 is 5.73 Å². The lowest BCUT2D eigenvalue weighted by Crippen LogP contribution is -2.44. The van der Waals surface area contributed by atoms with Gasteiger partial charge < -0.3 is 10.5 Å². The topological polar surface area (TPSA) is 82.3 Å². The van der Waals surface area contributed by atoms with Gasteiger partial charge in [-0.05, 0) is 37.1 Å². The summed E-state index contributed by atoms with van der Waals surface area (Å²) in [5.41, 5.74) is 5.75. The van der Waals surface area contributed by atoms with E-state index in [-0.39, 0.29) is 16.3 Å². The summed E-state index contributed by atoms with van der Waals surface area (Å²) in [6.07, 6.45) is 3.48. The van der Waals surface area contributed by atoms with Crippen molar-refractivity contribution in [3.63, 3.8) is 0 Å². The standard InChI is InChI=1S/C13H18N2O3S2/c14-11-2-1-5-15-12(11)20(16,17)10-3-6-18-13(8-10)4-7-19-9-13/h1-2,5,10H,3-4,6-9,14H2. The number of sulfone groups is 1. The summed E-state index contributed by atoms with van der Waals surface area (Å²) in [4.78, 5) is 3.98. The molecule has 2 fully saturated rings. The van der Waals surface area contributed by atoms with Crippen molar-refractivity contribution in [1.82, 2.24) is 4.98 Å². The zero-order valence-electron chi connectivity index (χ0n) is 11.1. The molecule has 5 nitrogen and oxygen atoms in total. The normalized spacial score (nSPS) is 30.7. The third kappa shape index (κ3) is 2.42. The summed E-state index contributed by atoms with van der Waals surface area (Å²) < 4.78 is 31.4. The van der Waals surface area contributed by atoms with Crippen LogP contribution in [0.5, 0.6) is 0 Å². The maximum Gasteiger partial charge on any atom is 0.200 e. The molecule has 7 heteroatoms. The third-order valence-corrected chi connectivity index (χ3v) is 7.41. The minimum atomic E-state index is -3.48. The van der Waals surface area contributed by atoms with Crippen LogP contribution in [0.3, 0.4) is 0 Å². The van der Waals surface area contributed by atoms with Gasteiger partial charge in [-0.25, -0.2) is 13.4 Å². The molecule has 0 amide bonds. The summed E-state index contributed by atoms with van der Waals surface area (Å²) in [7, 11) is -3.48. The number of thioether (sulfide) groups is 1. The van der Waals surface area contributed by atoms with Gasteiger partial charge >= 0.3 is 0 Å². The van der Waals surface area contributed by atoms with E-state index in [4.69, 9.17) is 10.5 Å². The molecule has 0 saturated carbocycles. The van der Waals surface area contributed by atoms with Crippen molar-refractivity contribution in [2.75, 3.05) is 23.8 Å². The lowest BCUT2D eigenvalue weighted by atomic mass is 9.93. The number of nitrogens with zero attached hydrogens (tertiary/aromatic N) is 1. The molecule has 3 heterocycles. The van der Waals surface area contributed by atoms with Crippen molar-refractivity contribution in [1.29, 1.82) is 0 Å². The molecule has 1 aromatic rings. The van der Waals surface area contributed by atoms with Gasteiger partial charge in [-0.3, -0.25) is 0 Å². The zero-order valence-corrected chi connectivity index (χ0v) is 12.8. The first-order valence-electron chi connectivity index (χ1n) is 6.70. The summed E-state index contributed by atoms with van der Waals surface area (Å²) in [6, 6.07) is 3.23. The van der Waals surface area contributed by atoms with E-state index in [2.05, 4.69) is 4.98 Å². The maximum atomic E-state index is 12.7. The van der Waals surface area contributed by atoms with Gasteiger partial charge in [0, 0.05) is 18.6 Å². The molecule has 1 aromatic heterocycles. The molecule has 2 N–H and O–H groups in total. The van der Waals surface area contributed by atoms with Crippen LogP contribution >= 0.6 is 11.8 Å². The van der Waals surface area contributed by atoms with Crippen LogP contribution in [0, 0.1) is 0 Å². The van der Waals surface area contributed by atoms with E-state index in [1.54, 1.807) is 12.1 Å². The predicted octanol–water partition coefficient (Wildman–Crippen LogP) is 1.49. The molecule has 0 bridgehead atoms. The highest BCUT2D eigenvalue weighted by Crippen LogP contribution is 2.41. The fourth-order valence-corrected chi connectivity index (χ4v) is 6.14. The Morgan fingerprint density at radius 1 is 1.50 bits per heavy atom. The van der Waals surface area contributed by atoms with Gasteiger partial charge in [0.05, 0.1) is 16.5 Å². The number of ether oxygens (including phenoxy) is 1. The summed E-state index contributed by atoms with van der Waals surface area (Å²) in [5, 5.41) is -0.417. The van der Waals surface area contributed by atoms with Gasteiger partial charge in [0.2, 0.25) is 9.84 Å². The third-order valence-electron chi connectivity index (χ3n) is 4.02. The molecule has 2 aliphatic rings. The molecule has 20 heavy (non-hydrogen) atoms. The molecule has 0 radical (unpaired) electrons. The lowest BCUT2D eigenvalue weighted by molar-refractivity contribution is -0.0572. The van der Waals surface area contributed by atoms with E-state index in [1.165, 1.54) is 6.20 Å². The Morgan fingerprint density at radius 2 is 2.35 bits per heavy atom. The number of pyridine rings is 1. The second kappa shape index (κ2) is 5.20. The van der Waals surface area contributed by atoms with E-state index in [0.29, 0.717) is 19.4 Å². The Hall–Kier alpha value is -0.790. The largest absolute Gasteiger partial charge is 0.396 e. The molecular formula is C13H18N2O3S2. The SMILES string of the molecule is Nc1cccnc1S(=O)(=O)C1CCOC2(CCSC2)C1. The van der Waals surface area contributed by atoms with Crippen molar-refractivity contribution in [2.45, 2.75) is 35.1 Å². The first-order valence-corrected chi connectivity index (χ1v) is 9.40. The first kappa shape index (κ1) is 14.2. The summed E-state index contributed by atoms with van der Waals surface area (Å²) in [6.45, 7) is 0.497. The number of nitrogens with two attached hydrogens (primary N) is 1. The van der Waals surface area contributed by atoms with Gasteiger partial charge in [-0.15, -0.1) is 0 Å². The van der Waals surface area contributed by atoms with Crippen molar-refractivity contribution < 1.29 is 13.2 Å². The Bertz CT molecular complexity index is 597. The van der Waals surface area contributed by atoms with Crippen molar-refractivity contribution in [3.8, 4) is 0 Å². The average molecular weight is 314 g/mol. The lowest BCUT2D eigenvalue weighted by Gasteiger charge is -2.37. The molecule has 1 spiro atoms. The molecule has 110 valence electrons. The number of hydrogen-bond donors (Lipinski definition) is 1. The summed E-state index contributed by atoms with van der Waals surface area (Å²) >= 11 is 1.83. The van der Waals surface area contributed by atoms with E-state index in [0.717, 1.165) is 17.9 Å². The van der Waals surface area contributed by atoms with Crippen LogP contribution in [0.15, 0.2) is 23.4 Å². The van der Waals surface area contributed by atoms with E-state index >= 15 is 0 Å². The van der Waals surface area contributed by atoms with E-state index < -0.39 is 15.1 Å². The quantitative estimate of drug-likeness (QED) is 0.890. The molecule has 0 aromatic carbocycles. The van der Waals surface area contributed by atoms with Crippen LogP contribution in [0.1, 0.15) is 19.3 Å². The number of anilines is 1. The second-order valence-corrected chi connectivity index (χ2v) is 8.64. The molecule has 2 aliphatic heterocycles. The molecule has 2 unspecified atom stereocenters. The van der Waals surface area contributed by atoms with Crippen molar-refractivity contribution in [2.24, 2.45) is 0 Å². The smallest absolute Gasteiger partial charge is 0.200 e. The summed E-state index contributed by atoms with van der Waals surface area (Å²) in [5.74, 6) is 1.93. The van der Waals surface area contributed by atoms with Crippen LogP contribution in [-0.2, 0) is 14.6 Å². The van der Waals surface area contributed by atoms with Gasteiger partial charge in [-0.1, -0.05) is 0 Å².